The Hall–Kier alpha value is -1.36. The summed E-state index contributed by atoms with van der Waals surface area (Å²) in [4.78, 5) is 0. The number of halogens is 1. The molecule has 0 bridgehead atoms. The number of benzene rings is 2. The summed E-state index contributed by atoms with van der Waals surface area (Å²) in [5, 5.41) is 3.37. The number of ether oxygens (including phenoxy) is 1. The van der Waals surface area contributed by atoms with Gasteiger partial charge in [0, 0.05) is 18.1 Å². The lowest BCUT2D eigenvalue weighted by molar-refractivity contribution is 0.184. The van der Waals surface area contributed by atoms with Gasteiger partial charge in [0.1, 0.15) is 11.3 Å². The molecular weight excluding hydrogens is 306 g/mol. The quantitative estimate of drug-likeness (QED) is 0.795. The maximum atomic E-state index is 5.89. The number of hydrogen-bond acceptors (Lipinski definition) is 3. The van der Waals surface area contributed by atoms with Crippen LogP contribution in [0.15, 0.2) is 39.2 Å². The first-order chi connectivity index (χ1) is 9.26. The third-order valence-corrected chi connectivity index (χ3v) is 4.09. The zero-order chi connectivity index (χ0) is 13.4. The van der Waals surface area contributed by atoms with Crippen LogP contribution in [0.5, 0.6) is 0 Å². The molecule has 0 saturated heterocycles. The van der Waals surface area contributed by atoms with E-state index in [0.29, 0.717) is 13.2 Å². The molecule has 3 aromatic rings. The van der Waals surface area contributed by atoms with Gasteiger partial charge in [0.15, 0.2) is 0 Å². The first-order valence-electron chi connectivity index (χ1n) is 6.06. The molecule has 0 atom stereocenters. The Morgan fingerprint density at radius 3 is 2.79 bits per heavy atom. The first-order valence-corrected chi connectivity index (χ1v) is 6.86. The Kier molecular flexibility index (Phi) is 3.31. The third-order valence-electron chi connectivity index (χ3n) is 3.30. The molecule has 0 unspecified atom stereocenters. The Bertz CT molecular complexity index is 749. The van der Waals surface area contributed by atoms with Crippen molar-refractivity contribution in [3.05, 3.63) is 46.1 Å². The van der Waals surface area contributed by atoms with Gasteiger partial charge in [0.05, 0.1) is 17.6 Å². The molecule has 4 heteroatoms. The van der Waals surface area contributed by atoms with Crippen molar-refractivity contribution in [2.75, 3.05) is 7.11 Å². The van der Waals surface area contributed by atoms with E-state index < -0.39 is 0 Å². The lowest BCUT2D eigenvalue weighted by atomic mass is 10.1. The molecule has 2 N–H and O–H groups in total. The second kappa shape index (κ2) is 4.96. The molecule has 0 saturated carbocycles. The summed E-state index contributed by atoms with van der Waals surface area (Å²) >= 11 is 3.63. The minimum Gasteiger partial charge on any atom is -0.458 e. The highest BCUT2D eigenvalue weighted by molar-refractivity contribution is 9.10. The van der Waals surface area contributed by atoms with Crippen LogP contribution in [0.25, 0.3) is 21.7 Å². The third kappa shape index (κ3) is 1.96. The van der Waals surface area contributed by atoms with E-state index in [1.807, 2.05) is 12.1 Å². The summed E-state index contributed by atoms with van der Waals surface area (Å²) in [7, 11) is 1.68. The molecule has 0 amide bonds. The molecule has 1 heterocycles. The topological polar surface area (TPSA) is 48.4 Å². The number of nitrogens with two attached hydrogens (primary N) is 1. The Morgan fingerprint density at radius 2 is 2.05 bits per heavy atom. The molecule has 0 spiro atoms. The van der Waals surface area contributed by atoms with Crippen molar-refractivity contribution >= 4 is 37.7 Å². The van der Waals surface area contributed by atoms with Crippen LogP contribution in [0.1, 0.15) is 11.3 Å². The van der Waals surface area contributed by atoms with E-state index in [0.717, 1.165) is 32.2 Å². The molecule has 1 aromatic heterocycles. The average Bonchev–Trinajstić information content (AvgIpc) is 2.78. The van der Waals surface area contributed by atoms with Crippen molar-refractivity contribution in [3.63, 3.8) is 0 Å². The van der Waals surface area contributed by atoms with Crippen molar-refractivity contribution in [1.82, 2.24) is 0 Å². The predicted octanol–water partition coefficient (Wildman–Crippen LogP) is 3.95. The highest BCUT2D eigenvalue weighted by atomic mass is 79.9. The lowest BCUT2D eigenvalue weighted by Gasteiger charge is -2.02. The Balaban J connectivity index is 2.42. The van der Waals surface area contributed by atoms with E-state index >= 15 is 0 Å². The Morgan fingerprint density at radius 1 is 1.26 bits per heavy atom. The molecule has 2 aromatic carbocycles. The average molecular weight is 320 g/mol. The van der Waals surface area contributed by atoms with Crippen molar-refractivity contribution in [2.24, 2.45) is 5.73 Å². The maximum absolute atomic E-state index is 5.89. The molecular formula is C15H14BrNO2. The largest absolute Gasteiger partial charge is 0.458 e. The summed E-state index contributed by atoms with van der Waals surface area (Å²) in [6.07, 6.45) is 0. The van der Waals surface area contributed by atoms with Crippen LogP contribution in [-0.4, -0.2) is 7.11 Å². The minimum atomic E-state index is 0.371. The van der Waals surface area contributed by atoms with Gasteiger partial charge < -0.3 is 14.9 Å². The van der Waals surface area contributed by atoms with Crippen LogP contribution >= 0.6 is 15.9 Å². The van der Waals surface area contributed by atoms with Gasteiger partial charge >= 0.3 is 0 Å². The number of furan rings is 1. The molecule has 0 aliphatic rings. The minimum absolute atomic E-state index is 0.371. The molecule has 0 fully saturated rings. The van der Waals surface area contributed by atoms with E-state index in [-0.39, 0.29) is 0 Å². The number of hydrogen-bond donors (Lipinski definition) is 1. The molecule has 0 radical (unpaired) electrons. The van der Waals surface area contributed by atoms with Crippen molar-refractivity contribution in [2.45, 2.75) is 13.2 Å². The fraction of sp³-hybridized carbons (Fsp3) is 0.200. The molecule has 98 valence electrons. The second-order valence-electron chi connectivity index (χ2n) is 4.43. The predicted molar refractivity (Wildman–Crippen MR) is 80.0 cm³/mol. The normalized spacial score (nSPS) is 11.5. The van der Waals surface area contributed by atoms with Gasteiger partial charge in [0.25, 0.3) is 0 Å². The van der Waals surface area contributed by atoms with Gasteiger partial charge in [-0.15, -0.1) is 0 Å². The van der Waals surface area contributed by atoms with E-state index in [2.05, 4.69) is 34.1 Å². The monoisotopic (exact) mass is 319 g/mol. The number of methoxy groups -OCH3 is 1. The van der Waals surface area contributed by atoms with Crippen LogP contribution in [0, 0.1) is 0 Å². The van der Waals surface area contributed by atoms with E-state index in [4.69, 9.17) is 14.9 Å². The smallest absolute Gasteiger partial charge is 0.149 e. The van der Waals surface area contributed by atoms with Crippen LogP contribution in [0.4, 0.5) is 0 Å². The van der Waals surface area contributed by atoms with Crippen LogP contribution in [0.2, 0.25) is 0 Å². The molecule has 3 nitrogen and oxygen atoms in total. The summed E-state index contributed by atoms with van der Waals surface area (Å²) in [6, 6.07) is 10.3. The van der Waals surface area contributed by atoms with E-state index in [9.17, 15) is 0 Å². The van der Waals surface area contributed by atoms with Crippen molar-refractivity contribution < 1.29 is 9.15 Å². The van der Waals surface area contributed by atoms with Gasteiger partial charge in [-0.05, 0) is 32.8 Å². The van der Waals surface area contributed by atoms with E-state index in [1.165, 1.54) is 5.39 Å². The number of fused-ring (bicyclic) bond motifs is 2. The fourth-order valence-electron chi connectivity index (χ4n) is 2.41. The number of rotatable bonds is 3. The zero-order valence-corrected chi connectivity index (χ0v) is 12.2. The summed E-state index contributed by atoms with van der Waals surface area (Å²) in [6.45, 7) is 0.875. The Labute approximate surface area is 119 Å². The van der Waals surface area contributed by atoms with E-state index in [1.54, 1.807) is 7.11 Å². The summed E-state index contributed by atoms with van der Waals surface area (Å²) in [5.74, 6) is 0.785. The van der Waals surface area contributed by atoms with Crippen LogP contribution in [-0.2, 0) is 17.9 Å². The summed E-state index contributed by atoms with van der Waals surface area (Å²) < 4.78 is 12.1. The van der Waals surface area contributed by atoms with Crippen LogP contribution in [0.3, 0.4) is 0 Å². The van der Waals surface area contributed by atoms with Crippen molar-refractivity contribution in [3.8, 4) is 0 Å². The standard InChI is InChI=1S/C15H14BrNO2/c1-18-8-12-11-6-9-4-2-3-5-10(9)14(16)15(11)19-13(12)7-17/h2-6H,7-8,17H2,1H3. The van der Waals surface area contributed by atoms with Gasteiger partial charge in [-0.2, -0.15) is 0 Å². The zero-order valence-electron chi connectivity index (χ0n) is 10.6. The van der Waals surface area contributed by atoms with Gasteiger partial charge in [-0.1, -0.05) is 24.3 Å². The molecule has 0 aliphatic heterocycles. The highest BCUT2D eigenvalue weighted by Crippen LogP contribution is 2.37. The SMILES string of the molecule is COCc1c(CN)oc2c(Br)c3ccccc3cc12. The fourth-order valence-corrected chi connectivity index (χ4v) is 3.07. The second-order valence-corrected chi connectivity index (χ2v) is 5.22. The van der Waals surface area contributed by atoms with Gasteiger partial charge in [0.2, 0.25) is 0 Å². The maximum Gasteiger partial charge on any atom is 0.149 e. The molecule has 3 rings (SSSR count). The lowest BCUT2D eigenvalue weighted by Crippen LogP contribution is -1.99. The van der Waals surface area contributed by atoms with Gasteiger partial charge in [-0.25, -0.2) is 0 Å². The molecule has 0 aliphatic carbocycles. The molecule has 19 heavy (non-hydrogen) atoms. The highest BCUT2D eigenvalue weighted by Gasteiger charge is 2.17. The van der Waals surface area contributed by atoms with Crippen LogP contribution < -0.4 is 5.73 Å². The first kappa shape index (κ1) is 12.7. The van der Waals surface area contributed by atoms with Crippen molar-refractivity contribution in [1.29, 1.82) is 0 Å². The van der Waals surface area contributed by atoms with Gasteiger partial charge in [-0.3, -0.25) is 0 Å². The summed E-state index contributed by atoms with van der Waals surface area (Å²) in [5.41, 5.74) is 7.63.